The van der Waals surface area contributed by atoms with E-state index in [4.69, 9.17) is 11.6 Å². The first kappa shape index (κ1) is 18.8. The van der Waals surface area contributed by atoms with Gasteiger partial charge in [0, 0.05) is 16.3 Å². The van der Waals surface area contributed by atoms with Crippen LogP contribution in [0.25, 0.3) is 17.1 Å². The third-order valence-corrected chi connectivity index (χ3v) is 4.34. The lowest BCUT2D eigenvalue weighted by molar-refractivity contribution is 0.101. The number of carbonyl (C=O) groups excluding carboxylic acids is 1. The first-order valence-electron chi connectivity index (χ1n) is 8.55. The molecule has 0 saturated carbocycles. The second-order valence-corrected chi connectivity index (χ2v) is 6.55. The number of halogens is 3. The summed E-state index contributed by atoms with van der Waals surface area (Å²) in [5.41, 5.74) is 1.61. The van der Waals surface area contributed by atoms with E-state index in [-0.39, 0.29) is 5.82 Å². The molecule has 4 rings (SSSR count). The number of anilines is 1. The molecule has 1 heterocycles. The summed E-state index contributed by atoms with van der Waals surface area (Å²) in [6.07, 6.45) is 0. The van der Waals surface area contributed by atoms with Crippen molar-refractivity contribution in [3.63, 3.8) is 0 Å². The Morgan fingerprint density at radius 3 is 2.07 bits per heavy atom. The highest BCUT2D eigenvalue weighted by Gasteiger charge is 2.19. The molecule has 5 nitrogen and oxygen atoms in total. The van der Waals surface area contributed by atoms with E-state index >= 15 is 0 Å². The third kappa shape index (κ3) is 4.14. The van der Waals surface area contributed by atoms with Gasteiger partial charge in [0.15, 0.2) is 5.82 Å². The number of hydrogen-bond donors (Lipinski definition) is 1. The number of amides is 1. The normalized spacial score (nSPS) is 10.7. The Bertz CT molecular complexity index is 1090. The predicted molar refractivity (Wildman–Crippen MR) is 106 cm³/mol. The van der Waals surface area contributed by atoms with Crippen molar-refractivity contribution in [2.24, 2.45) is 0 Å². The largest absolute Gasteiger partial charge is 0.319 e. The predicted octanol–water partition coefficient (Wildman–Crippen LogP) is 5.12. The first-order chi connectivity index (χ1) is 14.0. The lowest BCUT2D eigenvalue weighted by Gasteiger charge is -2.06. The van der Waals surface area contributed by atoms with Crippen LogP contribution < -0.4 is 5.32 Å². The molecule has 0 atom stereocenters. The van der Waals surface area contributed by atoms with Crippen LogP contribution in [-0.4, -0.2) is 20.7 Å². The van der Waals surface area contributed by atoms with E-state index in [0.29, 0.717) is 27.8 Å². The van der Waals surface area contributed by atoms with Gasteiger partial charge >= 0.3 is 0 Å². The minimum absolute atomic E-state index is 0.0939. The number of nitrogens with zero attached hydrogens (tertiary/aromatic N) is 3. The molecule has 0 aliphatic rings. The number of aromatic nitrogens is 3. The fourth-order valence-corrected chi connectivity index (χ4v) is 2.80. The molecule has 144 valence electrons. The summed E-state index contributed by atoms with van der Waals surface area (Å²) in [7, 11) is 0. The third-order valence-electron chi connectivity index (χ3n) is 4.09. The molecule has 3 aromatic carbocycles. The standard InChI is InChI=1S/C21H13ClF2N4O/c22-14-3-1-13(2-4-14)20-26-19(21(29)25-17-9-5-15(23)6-10-17)27-28(20)18-11-7-16(24)8-12-18/h1-12H,(H,25,29). The number of benzene rings is 3. The van der Waals surface area contributed by atoms with E-state index in [0.717, 1.165) is 0 Å². The van der Waals surface area contributed by atoms with Crippen molar-refractivity contribution in [1.82, 2.24) is 14.8 Å². The summed E-state index contributed by atoms with van der Waals surface area (Å²) < 4.78 is 27.8. The van der Waals surface area contributed by atoms with E-state index in [1.807, 2.05) is 0 Å². The Morgan fingerprint density at radius 1 is 0.862 bits per heavy atom. The zero-order valence-electron chi connectivity index (χ0n) is 14.8. The summed E-state index contributed by atoms with van der Waals surface area (Å²) in [6, 6.07) is 17.9. The Morgan fingerprint density at radius 2 is 1.45 bits per heavy atom. The van der Waals surface area contributed by atoms with E-state index in [2.05, 4.69) is 15.4 Å². The van der Waals surface area contributed by atoms with Crippen LogP contribution in [0.3, 0.4) is 0 Å². The molecule has 29 heavy (non-hydrogen) atoms. The van der Waals surface area contributed by atoms with E-state index in [1.165, 1.54) is 53.2 Å². The van der Waals surface area contributed by atoms with Gasteiger partial charge in [-0.15, -0.1) is 5.10 Å². The summed E-state index contributed by atoms with van der Waals surface area (Å²) in [6.45, 7) is 0. The fourth-order valence-electron chi connectivity index (χ4n) is 2.68. The van der Waals surface area contributed by atoms with E-state index in [1.54, 1.807) is 24.3 Å². The Hall–Kier alpha value is -3.58. The molecule has 0 aliphatic carbocycles. The molecule has 0 aliphatic heterocycles. The second-order valence-electron chi connectivity index (χ2n) is 6.12. The average Bonchev–Trinajstić information content (AvgIpc) is 3.16. The monoisotopic (exact) mass is 410 g/mol. The summed E-state index contributed by atoms with van der Waals surface area (Å²) >= 11 is 5.96. The molecular formula is C21H13ClF2N4O. The van der Waals surface area contributed by atoms with Gasteiger partial charge in [0.25, 0.3) is 5.91 Å². The molecule has 0 radical (unpaired) electrons. The van der Waals surface area contributed by atoms with Crippen molar-refractivity contribution >= 4 is 23.2 Å². The maximum absolute atomic E-state index is 13.3. The lowest BCUT2D eigenvalue weighted by atomic mass is 10.2. The van der Waals surface area contributed by atoms with Crippen LogP contribution in [-0.2, 0) is 0 Å². The topological polar surface area (TPSA) is 59.8 Å². The van der Waals surface area contributed by atoms with Crippen molar-refractivity contribution in [2.75, 3.05) is 5.32 Å². The maximum atomic E-state index is 13.3. The van der Waals surface area contributed by atoms with Gasteiger partial charge in [-0.3, -0.25) is 4.79 Å². The van der Waals surface area contributed by atoms with Gasteiger partial charge in [-0.1, -0.05) is 11.6 Å². The second kappa shape index (κ2) is 7.81. The molecule has 0 spiro atoms. The molecule has 4 aromatic rings. The van der Waals surface area contributed by atoms with Gasteiger partial charge in [-0.2, -0.15) is 0 Å². The average molecular weight is 411 g/mol. The minimum atomic E-state index is -0.562. The molecule has 8 heteroatoms. The van der Waals surface area contributed by atoms with E-state index in [9.17, 15) is 13.6 Å². The maximum Gasteiger partial charge on any atom is 0.295 e. The van der Waals surface area contributed by atoms with Gasteiger partial charge in [0.1, 0.15) is 11.6 Å². The molecule has 1 N–H and O–H groups in total. The lowest BCUT2D eigenvalue weighted by Crippen LogP contribution is -2.14. The van der Waals surface area contributed by atoms with Crippen LogP contribution in [0.5, 0.6) is 0 Å². The smallest absolute Gasteiger partial charge is 0.295 e. The fraction of sp³-hybridized carbons (Fsp3) is 0. The Labute approximate surface area is 169 Å². The van der Waals surface area contributed by atoms with Crippen molar-refractivity contribution in [1.29, 1.82) is 0 Å². The van der Waals surface area contributed by atoms with Crippen molar-refractivity contribution in [3.05, 3.63) is 95.3 Å². The Balaban J connectivity index is 1.74. The molecule has 0 unspecified atom stereocenters. The highest BCUT2D eigenvalue weighted by atomic mass is 35.5. The number of nitrogens with one attached hydrogen (secondary N) is 1. The van der Waals surface area contributed by atoms with Crippen LogP contribution in [0, 0.1) is 11.6 Å². The molecule has 1 amide bonds. The SMILES string of the molecule is O=C(Nc1ccc(F)cc1)c1nc(-c2ccc(Cl)cc2)n(-c2ccc(F)cc2)n1. The molecule has 1 aromatic heterocycles. The number of hydrogen-bond acceptors (Lipinski definition) is 3. The number of carbonyl (C=O) groups is 1. The minimum Gasteiger partial charge on any atom is -0.319 e. The zero-order chi connectivity index (χ0) is 20.4. The highest BCUT2D eigenvalue weighted by Crippen LogP contribution is 2.23. The van der Waals surface area contributed by atoms with Gasteiger partial charge in [-0.25, -0.2) is 18.4 Å². The zero-order valence-corrected chi connectivity index (χ0v) is 15.6. The van der Waals surface area contributed by atoms with Crippen LogP contribution in [0.15, 0.2) is 72.8 Å². The summed E-state index contributed by atoms with van der Waals surface area (Å²) in [4.78, 5) is 17.0. The highest BCUT2D eigenvalue weighted by molar-refractivity contribution is 6.30. The van der Waals surface area contributed by atoms with Gasteiger partial charge in [0.05, 0.1) is 5.69 Å². The first-order valence-corrected chi connectivity index (χ1v) is 8.93. The number of rotatable bonds is 4. The molecule has 0 bridgehead atoms. The van der Waals surface area contributed by atoms with Gasteiger partial charge < -0.3 is 5.32 Å². The molecule has 0 fully saturated rings. The van der Waals surface area contributed by atoms with Crippen LogP contribution >= 0.6 is 11.6 Å². The Kier molecular flexibility index (Phi) is 5.05. The van der Waals surface area contributed by atoms with Crippen molar-refractivity contribution in [3.8, 4) is 17.1 Å². The van der Waals surface area contributed by atoms with Crippen LogP contribution in [0.1, 0.15) is 10.6 Å². The quantitative estimate of drug-likeness (QED) is 0.508. The summed E-state index contributed by atoms with van der Waals surface area (Å²) in [5, 5.41) is 7.46. The molecular weight excluding hydrogens is 398 g/mol. The van der Waals surface area contributed by atoms with Gasteiger partial charge in [-0.05, 0) is 72.8 Å². The molecule has 0 saturated heterocycles. The van der Waals surface area contributed by atoms with E-state index < -0.39 is 17.5 Å². The van der Waals surface area contributed by atoms with Crippen molar-refractivity contribution < 1.29 is 13.6 Å². The van der Waals surface area contributed by atoms with Crippen LogP contribution in [0.2, 0.25) is 5.02 Å². The van der Waals surface area contributed by atoms with Gasteiger partial charge in [0.2, 0.25) is 5.82 Å². The summed E-state index contributed by atoms with van der Waals surface area (Å²) in [5.74, 6) is -1.07. The van der Waals surface area contributed by atoms with Crippen LogP contribution in [0.4, 0.5) is 14.5 Å². The van der Waals surface area contributed by atoms with Crippen molar-refractivity contribution in [2.45, 2.75) is 0 Å².